The Kier molecular flexibility index (Phi) is 5.64. The van der Waals surface area contributed by atoms with Crippen LogP contribution in [-0.2, 0) is 11.3 Å². The number of tetrazole rings is 1. The van der Waals surface area contributed by atoms with Crippen molar-refractivity contribution < 1.29 is 23.7 Å². The standard InChI is InChI=1S/C20H21N5O5/c1-27-15-8-7-13(9-18(15)28-2)20-22-24-25(23-20)11-19(26)21-10-14-12-29-16-5-3-4-6-17(16)30-14/h3-9,14H,10-12H2,1-2H3,(H,21,26)/t14-/m0/s1. The van der Waals surface area contributed by atoms with Crippen LogP contribution in [0, 0.1) is 0 Å². The van der Waals surface area contributed by atoms with E-state index in [1.54, 1.807) is 32.4 Å². The molecule has 0 fully saturated rings. The number of amides is 1. The molecule has 1 atom stereocenters. The van der Waals surface area contributed by atoms with E-state index in [0.29, 0.717) is 47.5 Å². The minimum absolute atomic E-state index is 0.0650. The number of nitrogens with zero attached hydrogens (tertiary/aromatic N) is 4. The zero-order chi connectivity index (χ0) is 20.9. The first-order valence-electron chi connectivity index (χ1n) is 9.31. The second-order valence-corrected chi connectivity index (χ2v) is 6.51. The van der Waals surface area contributed by atoms with E-state index in [1.165, 1.54) is 4.80 Å². The van der Waals surface area contributed by atoms with Gasteiger partial charge in [-0.05, 0) is 35.5 Å². The Labute approximate surface area is 172 Å². The fraction of sp³-hybridized carbons (Fsp3) is 0.300. The van der Waals surface area contributed by atoms with Gasteiger partial charge in [0, 0.05) is 5.56 Å². The van der Waals surface area contributed by atoms with Crippen LogP contribution < -0.4 is 24.3 Å². The first kappa shape index (κ1) is 19.5. The van der Waals surface area contributed by atoms with Gasteiger partial charge in [-0.2, -0.15) is 4.80 Å². The molecule has 2 aromatic carbocycles. The summed E-state index contributed by atoms with van der Waals surface area (Å²) >= 11 is 0. The molecule has 1 aliphatic rings. The van der Waals surface area contributed by atoms with Crippen molar-refractivity contribution in [1.29, 1.82) is 0 Å². The minimum atomic E-state index is -0.269. The molecule has 10 nitrogen and oxygen atoms in total. The van der Waals surface area contributed by atoms with Gasteiger partial charge in [0.1, 0.15) is 19.3 Å². The number of methoxy groups -OCH3 is 2. The van der Waals surface area contributed by atoms with Crippen molar-refractivity contribution in [2.24, 2.45) is 0 Å². The van der Waals surface area contributed by atoms with Crippen LogP contribution in [-0.4, -0.2) is 59.6 Å². The first-order valence-corrected chi connectivity index (χ1v) is 9.31. The van der Waals surface area contributed by atoms with Gasteiger partial charge in [-0.25, -0.2) is 0 Å². The van der Waals surface area contributed by atoms with E-state index in [-0.39, 0.29) is 18.6 Å². The summed E-state index contributed by atoms with van der Waals surface area (Å²) in [5, 5.41) is 15.0. The van der Waals surface area contributed by atoms with E-state index in [4.69, 9.17) is 18.9 Å². The van der Waals surface area contributed by atoms with Crippen LogP contribution >= 0.6 is 0 Å². The second kappa shape index (κ2) is 8.68. The van der Waals surface area contributed by atoms with Crippen LogP contribution in [0.5, 0.6) is 23.0 Å². The molecule has 0 radical (unpaired) electrons. The molecule has 0 spiro atoms. The van der Waals surface area contributed by atoms with Crippen molar-refractivity contribution in [3.8, 4) is 34.4 Å². The van der Waals surface area contributed by atoms with Gasteiger partial charge in [-0.1, -0.05) is 12.1 Å². The SMILES string of the molecule is COc1ccc(-c2nnn(CC(=O)NC[C@H]3COc4ccccc4O3)n2)cc1OC. The average Bonchev–Trinajstić information content (AvgIpc) is 3.25. The summed E-state index contributed by atoms with van der Waals surface area (Å²) < 4.78 is 22.0. The maximum atomic E-state index is 12.3. The molecule has 0 saturated heterocycles. The molecule has 1 aromatic heterocycles. The zero-order valence-electron chi connectivity index (χ0n) is 16.6. The van der Waals surface area contributed by atoms with Crippen LogP contribution in [0.15, 0.2) is 42.5 Å². The third kappa shape index (κ3) is 4.27. The molecule has 1 N–H and O–H groups in total. The van der Waals surface area contributed by atoms with Gasteiger partial charge in [0.25, 0.3) is 0 Å². The highest BCUT2D eigenvalue weighted by Gasteiger charge is 2.21. The predicted molar refractivity (Wildman–Crippen MR) is 106 cm³/mol. The van der Waals surface area contributed by atoms with Gasteiger partial charge >= 0.3 is 0 Å². The molecule has 1 amide bonds. The summed E-state index contributed by atoms with van der Waals surface area (Å²) in [5.74, 6) is 2.65. The monoisotopic (exact) mass is 411 g/mol. The van der Waals surface area contributed by atoms with Gasteiger partial charge in [-0.15, -0.1) is 10.2 Å². The maximum Gasteiger partial charge on any atom is 0.243 e. The van der Waals surface area contributed by atoms with E-state index >= 15 is 0 Å². The molecule has 3 aromatic rings. The fourth-order valence-electron chi connectivity index (χ4n) is 2.98. The number of carbonyl (C=O) groups is 1. The van der Waals surface area contributed by atoms with Crippen LogP contribution in [0.25, 0.3) is 11.4 Å². The van der Waals surface area contributed by atoms with E-state index in [0.717, 1.165) is 0 Å². The number of hydrogen-bond donors (Lipinski definition) is 1. The summed E-state index contributed by atoms with van der Waals surface area (Å²) in [5.41, 5.74) is 0.700. The van der Waals surface area contributed by atoms with Crippen molar-refractivity contribution in [1.82, 2.24) is 25.5 Å². The third-order valence-corrected chi connectivity index (χ3v) is 4.47. The summed E-state index contributed by atoms with van der Waals surface area (Å²) in [4.78, 5) is 13.5. The zero-order valence-corrected chi connectivity index (χ0v) is 16.6. The van der Waals surface area contributed by atoms with Crippen molar-refractivity contribution in [2.75, 3.05) is 27.4 Å². The third-order valence-electron chi connectivity index (χ3n) is 4.47. The van der Waals surface area contributed by atoms with Crippen LogP contribution in [0.3, 0.4) is 0 Å². The van der Waals surface area contributed by atoms with Crippen molar-refractivity contribution in [2.45, 2.75) is 12.6 Å². The van der Waals surface area contributed by atoms with Gasteiger partial charge in [0.15, 0.2) is 23.0 Å². The summed E-state index contributed by atoms with van der Waals surface area (Å²) in [6.07, 6.45) is -0.269. The lowest BCUT2D eigenvalue weighted by atomic mass is 10.2. The van der Waals surface area contributed by atoms with Crippen LogP contribution in [0.2, 0.25) is 0 Å². The second-order valence-electron chi connectivity index (χ2n) is 6.51. The number of nitrogens with one attached hydrogen (secondary N) is 1. The van der Waals surface area contributed by atoms with Crippen LogP contribution in [0.4, 0.5) is 0 Å². The number of rotatable bonds is 7. The van der Waals surface area contributed by atoms with Crippen molar-refractivity contribution >= 4 is 5.91 Å². The number of aromatic nitrogens is 4. The highest BCUT2D eigenvalue weighted by atomic mass is 16.6. The number of benzene rings is 2. The molecule has 1 aliphatic heterocycles. The summed E-state index contributed by atoms with van der Waals surface area (Å²) in [6.45, 7) is 0.608. The van der Waals surface area contributed by atoms with Gasteiger partial charge in [0.05, 0.1) is 20.8 Å². The molecule has 30 heavy (non-hydrogen) atoms. The van der Waals surface area contributed by atoms with E-state index in [2.05, 4.69) is 20.7 Å². The molecule has 4 rings (SSSR count). The molecule has 10 heteroatoms. The Morgan fingerprint density at radius 3 is 2.77 bits per heavy atom. The van der Waals surface area contributed by atoms with E-state index in [9.17, 15) is 4.79 Å². The molecule has 0 unspecified atom stereocenters. The highest BCUT2D eigenvalue weighted by molar-refractivity contribution is 5.75. The Balaban J connectivity index is 1.32. The van der Waals surface area contributed by atoms with Gasteiger partial charge in [0.2, 0.25) is 11.7 Å². The molecule has 0 saturated carbocycles. The lowest BCUT2D eigenvalue weighted by Gasteiger charge is -2.26. The number of para-hydroxylation sites is 2. The number of carbonyl (C=O) groups excluding carboxylic acids is 1. The molecular weight excluding hydrogens is 390 g/mol. The summed E-state index contributed by atoms with van der Waals surface area (Å²) in [7, 11) is 3.11. The number of hydrogen-bond acceptors (Lipinski definition) is 8. The van der Waals surface area contributed by atoms with Crippen molar-refractivity contribution in [3.05, 3.63) is 42.5 Å². The smallest absolute Gasteiger partial charge is 0.243 e. The van der Waals surface area contributed by atoms with Crippen LogP contribution in [0.1, 0.15) is 0 Å². The molecule has 0 aliphatic carbocycles. The Morgan fingerprint density at radius 1 is 1.17 bits per heavy atom. The lowest BCUT2D eigenvalue weighted by Crippen LogP contribution is -2.41. The Morgan fingerprint density at radius 2 is 1.97 bits per heavy atom. The van der Waals surface area contributed by atoms with Crippen molar-refractivity contribution in [3.63, 3.8) is 0 Å². The normalized spacial score (nSPS) is 14.8. The van der Waals surface area contributed by atoms with Gasteiger partial charge in [-0.3, -0.25) is 4.79 Å². The van der Waals surface area contributed by atoms with E-state index < -0.39 is 0 Å². The minimum Gasteiger partial charge on any atom is -0.493 e. The first-order chi connectivity index (χ1) is 14.7. The largest absolute Gasteiger partial charge is 0.493 e. The fourth-order valence-corrected chi connectivity index (χ4v) is 2.98. The molecule has 2 heterocycles. The van der Waals surface area contributed by atoms with Gasteiger partial charge < -0.3 is 24.3 Å². The number of fused-ring (bicyclic) bond motifs is 1. The molecule has 0 bridgehead atoms. The molecular formula is C20H21N5O5. The Hall–Kier alpha value is -3.82. The number of ether oxygens (including phenoxy) is 4. The Bertz CT molecular complexity index is 1040. The maximum absolute atomic E-state index is 12.3. The predicted octanol–water partition coefficient (Wildman–Crippen LogP) is 1.31. The lowest BCUT2D eigenvalue weighted by molar-refractivity contribution is -0.122. The van der Waals surface area contributed by atoms with E-state index in [1.807, 2.05) is 24.3 Å². The topological polar surface area (TPSA) is 110 Å². The summed E-state index contributed by atoms with van der Waals surface area (Å²) in [6, 6.07) is 12.7. The quantitative estimate of drug-likeness (QED) is 0.620. The molecule has 156 valence electrons. The highest BCUT2D eigenvalue weighted by Crippen LogP contribution is 2.31. The average molecular weight is 411 g/mol.